The highest BCUT2D eigenvalue weighted by atomic mass is 32.1. The van der Waals surface area contributed by atoms with Crippen LogP contribution in [0.4, 0.5) is 0 Å². The van der Waals surface area contributed by atoms with Gasteiger partial charge < -0.3 is 14.7 Å². The highest BCUT2D eigenvalue weighted by Gasteiger charge is 2.26. The maximum absolute atomic E-state index is 11.9. The van der Waals surface area contributed by atoms with Crippen LogP contribution in [0.2, 0.25) is 0 Å². The lowest BCUT2D eigenvalue weighted by atomic mass is 10.1. The summed E-state index contributed by atoms with van der Waals surface area (Å²) in [4.78, 5) is 64.5. The number of allylic oxidation sites excluding steroid dienone is 1. The Morgan fingerprint density at radius 3 is 1.67 bits per heavy atom. The second-order valence-electron chi connectivity index (χ2n) is 10.5. The molecule has 0 bridgehead atoms. The second-order valence-corrected chi connectivity index (χ2v) is 10.5. The molecule has 5 amide bonds. The minimum atomic E-state index is -0.225. The van der Waals surface area contributed by atoms with Crippen LogP contribution in [0.3, 0.4) is 0 Å². The molecule has 2 atom stereocenters. The van der Waals surface area contributed by atoms with E-state index in [0.29, 0.717) is 43.5 Å². The van der Waals surface area contributed by atoms with Crippen molar-refractivity contribution >= 4 is 56.5 Å². The molecule has 0 aromatic heterocycles. The van der Waals surface area contributed by atoms with Gasteiger partial charge in [0.05, 0.1) is 0 Å². The Morgan fingerprint density at radius 2 is 1.21 bits per heavy atom. The standard InChI is InChI=1S/C15H22N2O3.C13H18N2O2.2H2S/c1-12-8-10-16(11-12)13(18)5-3-2-4-9-17-14(19)6-7-15(17)20;1-10-5-7-14(9-10)12(16)6-8-15-11(2)3-4-13(15)17;;/h6-7,12H,2-5,8-11H2,1H3;3-4,10H,2,5-9H2,1H3;2*1H2/t12-;10-;;/m00../s1. The molecule has 4 aliphatic heterocycles. The number of imide groups is 1. The number of nitrogens with zero attached hydrogens (tertiary/aromatic N) is 4. The van der Waals surface area contributed by atoms with Crippen LogP contribution >= 0.6 is 27.0 Å². The molecule has 4 rings (SSSR count). The van der Waals surface area contributed by atoms with Crippen LogP contribution in [0, 0.1) is 11.8 Å². The van der Waals surface area contributed by atoms with Crippen LogP contribution in [-0.2, 0) is 24.0 Å². The Hall–Kier alpha value is -2.53. The Kier molecular flexibility index (Phi) is 14.6. The molecule has 4 heterocycles. The van der Waals surface area contributed by atoms with Gasteiger partial charge in [-0.3, -0.25) is 28.9 Å². The van der Waals surface area contributed by atoms with Crippen LogP contribution in [0.25, 0.3) is 0 Å². The molecule has 2 fully saturated rings. The molecule has 0 radical (unpaired) electrons. The summed E-state index contributed by atoms with van der Waals surface area (Å²) in [6.45, 7) is 12.5. The molecule has 218 valence electrons. The van der Waals surface area contributed by atoms with Gasteiger partial charge in [0.25, 0.3) is 17.7 Å². The molecule has 4 aliphatic rings. The number of carbonyl (C=O) groups is 5. The number of unbranched alkanes of at least 4 members (excludes halogenated alkanes) is 2. The minimum Gasteiger partial charge on any atom is -0.342 e. The predicted molar refractivity (Wildman–Crippen MR) is 160 cm³/mol. The minimum absolute atomic E-state index is 0. The van der Waals surface area contributed by atoms with Gasteiger partial charge in [-0.2, -0.15) is 27.0 Å². The first-order chi connectivity index (χ1) is 17.7. The number of amides is 5. The van der Waals surface area contributed by atoms with E-state index in [1.165, 1.54) is 23.1 Å². The first kappa shape index (κ1) is 34.5. The Balaban J connectivity index is 0.000000375. The highest BCUT2D eigenvalue weighted by Crippen LogP contribution is 2.18. The van der Waals surface area contributed by atoms with E-state index in [2.05, 4.69) is 20.4 Å². The fourth-order valence-electron chi connectivity index (χ4n) is 4.96. The van der Waals surface area contributed by atoms with Gasteiger partial charge in [-0.05, 0) is 43.6 Å². The molecule has 0 N–H and O–H groups in total. The first-order valence-electron chi connectivity index (χ1n) is 13.4. The summed E-state index contributed by atoms with van der Waals surface area (Å²) in [5, 5.41) is 0. The molecule has 9 nitrogen and oxygen atoms in total. The normalized spacial score (nSPS) is 21.8. The lowest BCUT2D eigenvalue weighted by molar-refractivity contribution is -0.137. The molecule has 0 aliphatic carbocycles. The van der Waals surface area contributed by atoms with Gasteiger partial charge in [0.2, 0.25) is 11.8 Å². The van der Waals surface area contributed by atoms with Crippen molar-refractivity contribution in [1.29, 1.82) is 0 Å². The van der Waals surface area contributed by atoms with E-state index in [0.717, 1.165) is 58.3 Å². The summed E-state index contributed by atoms with van der Waals surface area (Å²) in [6, 6.07) is 0. The summed E-state index contributed by atoms with van der Waals surface area (Å²) < 4.78 is 0. The average Bonchev–Trinajstić information content (AvgIpc) is 3.64. The predicted octanol–water partition coefficient (Wildman–Crippen LogP) is 2.72. The van der Waals surface area contributed by atoms with Gasteiger partial charge in [0, 0.05) is 76.0 Å². The van der Waals surface area contributed by atoms with Gasteiger partial charge >= 0.3 is 0 Å². The molecular formula is C28H44N4O5S2. The zero-order chi connectivity index (χ0) is 26.9. The molecule has 2 saturated heterocycles. The van der Waals surface area contributed by atoms with Crippen LogP contribution in [-0.4, -0.2) is 88.4 Å². The summed E-state index contributed by atoms with van der Waals surface area (Å²) in [6.07, 6.45) is 11.4. The van der Waals surface area contributed by atoms with E-state index in [4.69, 9.17) is 0 Å². The van der Waals surface area contributed by atoms with Crippen molar-refractivity contribution in [2.75, 3.05) is 39.3 Å². The fraction of sp³-hybridized carbons (Fsp3) is 0.607. The Labute approximate surface area is 246 Å². The molecule has 0 unspecified atom stereocenters. The molecular weight excluding hydrogens is 536 g/mol. The highest BCUT2D eigenvalue weighted by molar-refractivity contribution is 7.59. The van der Waals surface area contributed by atoms with Gasteiger partial charge in [0.1, 0.15) is 0 Å². The van der Waals surface area contributed by atoms with Crippen LogP contribution < -0.4 is 0 Å². The third kappa shape index (κ3) is 10.2. The molecule has 0 spiro atoms. The third-order valence-corrected chi connectivity index (χ3v) is 7.31. The van der Waals surface area contributed by atoms with E-state index in [1.54, 1.807) is 11.0 Å². The van der Waals surface area contributed by atoms with E-state index in [1.807, 2.05) is 9.80 Å². The van der Waals surface area contributed by atoms with E-state index >= 15 is 0 Å². The van der Waals surface area contributed by atoms with Crippen molar-refractivity contribution in [3.8, 4) is 0 Å². The van der Waals surface area contributed by atoms with E-state index in [9.17, 15) is 24.0 Å². The van der Waals surface area contributed by atoms with Crippen molar-refractivity contribution in [2.45, 2.75) is 58.8 Å². The molecule has 0 aromatic rings. The largest absolute Gasteiger partial charge is 0.342 e. The monoisotopic (exact) mass is 580 g/mol. The molecule has 39 heavy (non-hydrogen) atoms. The van der Waals surface area contributed by atoms with Crippen molar-refractivity contribution in [2.24, 2.45) is 11.8 Å². The Morgan fingerprint density at radius 1 is 0.718 bits per heavy atom. The zero-order valence-electron chi connectivity index (χ0n) is 23.2. The van der Waals surface area contributed by atoms with Gasteiger partial charge in [0.15, 0.2) is 0 Å². The fourth-order valence-corrected chi connectivity index (χ4v) is 4.96. The second kappa shape index (κ2) is 16.5. The van der Waals surface area contributed by atoms with Gasteiger partial charge in [-0.25, -0.2) is 0 Å². The Bertz CT molecular complexity index is 947. The van der Waals surface area contributed by atoms with Gasteiger partial charge in [-0.15, -0.1) is 0 Å². The number of hydrogen-bond acceptors (Lipinski definition) is 5. The number of rotatable bonds is 9. The van der Waals surface area contributed by atoms with Crippen LogP contribution in [0.5, 0.6) is 0 Å². The summed E-state index contributed by atoms with van der Waals surface area (Å²) >= 11 is 0. The average molecular weight is 581 g/mol. The number of likely N-dealkylation sites (tertiary alicyclic amines) is 2. The van der Waals surface area contributed by atoms with Crippen molar-refractivity contribution in [3.05, 3.63) is 36.6 Å². The maximum Gasteiger partial charge on any atom is 0.253 e. The lowest BCUT2D eigenvalue weighted by Crippen LogP contribution is -2.33. The molecule has 0 saturated carbocycles. The number of carbonyl (C=O) groups excluding carboxylic acids is 5. The van der Waals surface area contributed by atoms with Crippen LogP contribution in [0.1, 0.15) is 58.8 Å². The third-order valence-electron chi connectivity index (χ3n) is 7.31. The topological polar surface area (TPSA) is 98.3 Å². The first-order valence-corrected chi connectivity index (χ1v) is 13.4. The summed E-state index contributed by atoms with van der Waals surface area (Å²) in [5.74, 6) is 1.08. The van der Waals surface area contributed by atoms with Crippen molar-refractivity contribution < 1.29 is 24.0 Å². The maximum atomic E-state index is 11.9. The molecule has 11 heteroatoms. The van der Waals surface area contributed by atoms with Crippen molar-refractivity contribution in [3.63, 3.8) is 0 Å². The van der Waals surface area contributed by atoms with Crippen LogP contribution in [0.15, 0.2) is 36.6 Å². The van der Waals surface area contributed by atoms with Gasteiger partial charge in [-0.1, -0.05) is 26.8 Å². The van der Waals surface area contributed by atoms with E-state index < -0.39 is 0 Å². The number of hydrogen-bond donors (Lipinski definition) is 0. The molecule has 0 aromatic carbocycles. The summed E-state index contributed by atoms with van der Waals surface area (Å²) in [5.41, 5.74) is 0.678. The van der Waals surface area contributed by atoms with E-state index in [-0.39, 0.29) is 56.5 Å². The smallest absolute Gasteiger partial charge is 0.253 e. The quantitative estimate of drug-likeness (QED) is 0.309. The zero-order valence-corrected chi connectivity index (χ0v) is 25.2. The summed E-state index contributed by atoms with van der Waals surface area (Å²) in [7, 11) is 0. The SMILES string of the molecule is C=C1C=CC(=O)N1CCC(=O)N1CC[C@H](C)C1.C[C@H]1CCN(C(=O)CCCCCN2C(=O)C=CC2=O)C1.S.S. The van der Waals surface area contributed by atoms with Crippen molar-refractivity contribution in [1.82, 2.24) is 19.6 Å². The lowest BCUT2D eigenvalue weighted by Gasteiger charge is -2.20.